The van der Waals surface area contributed by atoms with Crippen LogP contribution in [0, 0.1) is 0 Å². The number of hydrogen-bond acceptors (Lipinski definition) is 5. The van der Waals surface area contributed by atoms with Crippen LogP contribution in [0.4, 0.5) is 0 Å². The highest BCUT2D eigenvalue weighted by molar-refractivity contribution is 7.98. The molecule has 2 atom stereocenters. The molecule has 1 saturated carbocycles. The van der Waals surface area contributed by atoms with Crippen LogP contribution in [0.15, 0.2) is 33.7 Å². The third-order valence-corrected chi connectivity index (χ3v) is 5.01. The van der Waals surface area contributed by atoms with Gasteiger partial charge in [0.1, 0.15) is 0 Å². The van der Waals surface area contributed by atoms with Gasteiger partial charge in [0.25, 0.3) is 0 Å². The number of thioether (sulfide) groups is 1. The number of halogens is 1. The highest BCUT2D eigenvalue weighted by Gasteiger charge is 2.27. The minimum Gasteiger partial charge on any atom is -0.339 e. The maximum atomic E-state index is 6.12. The van der Waals surface area contributed by atoms with Crippen molar-refractivity contribution in [3.63, 3.8) is 0 Å². The van der Waals surface area contributed by atoms with E-state index in [0.29, 0.717) is 17.5 Å². The third-order valence-electron chi connectivity index (χ3n) is 3.50. The van der Waals surface area contributed by atoms with E-state index in [9.17, 15) is 0 Å². The molecule has 4 nitrogen and oxygen atoms in total. The van der Waals surface area contributed by atoms with Crippen LogP contribution in [0.25, 0.3) is 0 Å². The summed E-state index contributed by atoms with van der Waals surface area (Å²) >= 11 is 7.73. The van der Waals surface area contributed by atoms with Gasteiger partial charge in [0, 0.05) is 16.9 Å². The van der Waals surface area contributed by atoms with E-state index >= 15 is 0 Å². The quantitative estimate of drug-likeness (QED) is 0.874. The highest BCUT2D eigenvalue weighted by atomic mass is 35.5. The predicted molar refractivity (Wildman–Crippen MR) is 79.9 cm³/mol. The van der Waals surface area contributed by atoms with Gasteiger partial charge in [0.05, 0.1) is 10.8 Å². The molecule has 20 heavy (non-hydrogen) atoms. The van der Waals surface area contributed by atoms with Gasteiger partial charge in [-0.25, -0.2) is 0 Å². The van der Waals surface area contributed by atoms with Crippen LogP contribution in [0.2, 0.25) is 5.02 Å². The second-order valence-electron chi connectivity index (χ2n) is 5.04. The Morgan fingerprint density at radius 2 is 2.20 bits per heavy atom. The normalized spacial score (nSPS) is 22.3. The molecule has 1 aromatic carbocycles. The van der Waals surface area contributed by atoms with Crippen LogP contribution in [-0.2, 0) is 5.75 Å². The zero-order chi connectivity index (χ0) is 13.9. The van der Waals surface area contributed by atoms with Gasteiger partial charge in [-0.05, 0) is 31.4 Å². The van der Waals surface area contributed by atoms with Gasteiger partial charge in [-0.3, -0.25) is 0 Å². The molecule has 1 fully saturated rings. The van der Waals surface area contributed by atoms with E-state index in [4.69, 9.17) is 21.9 Å². The molecule has 0 unspecified atom stereocenters. The van der Waals surface area contributed by atoms with Crippen molar-refractivity contribution in [2.24, 2.45) is 5.73 Å². The lowest BCUT2D eigenvalue weighted by Gasteiger charge is -2.02. The molecule has 3 rings (SSSR count). The first-order chi connectivity index (χ1) is 9.72. The summed E-state index contributed by atoms with van der Waals surface area (Å²) < 4.78 is 5.35. The predicted octanol–water partition coefficient (Wildman–Crippen LogP) is 3.61. The van der Waals surface area contributed by atoms with E-state index in [1.807, 2.05) is 24.3 Å². The fourth-order valence-electron chi connectivity index (χ4n) is 2.44. The van der Waals surface area contributed by atoms with Gasteiger partial charge in [-0.2, -0.15) is 4.98 Å². The molecule has 0 amide bonds. The van der Waals surface area contributed by atoms with Crippen LogP contribution in [0.5, 0.6) is 0 Å². The molecule has 1 aromatic heterocycles. The first kappa shape index (κ1) is 13.9. The summed E-state index contributed by atoms with van der Waals surface area (Å²) in [6.45, 7) is 0. The zero-order valence-corrected chi connectivity index (χ0v) is 12.5. The van der Waals surface area contributed by atoms with Crippen molar-refractivity contribution in [3.8, 4) is 0 Å². The van der Waals surface area contributed by atoms with E-state index < -0.39 is 0 Å². The molecule has 0 radical (unpaired) electrons. The van der Waals surface area contributed by atoms with Crippen LogP contribution in [0.1, 0.15) is 36.9 Å². The van der Waals surface area contributed by atoms with Crippen LogP contribution in [-0.4, -0.2) is 16.2 Å². The molecule has 1 aliphatic rings. The zero-order valence-electron chi connectivity index (χ0n) is 11.0. The van der Waals surface area contributed by atoms with Crippen molar-refractivity contribution < 1.29 is 4.52 Å². The summed E-state index contributed by atoms with van der Waals surface area (Å²) in [5.41, 5.74) is 5.91. The number of aromatic nitrogens is 2. The Morgan fingerprint density at radius 3 is 2.95 bits per heavy atom. The minimum atomic E-state index is 0.271. The Balaban J connectivity index is 1.62. The van der Waals surface area contributed by atoms with Crippen molar-refractivity contribution in [3.05, 3.63) is 41.0 Å². The summed E-state index contributed by atoms with van der Waals surface area (Å²) in [7, 11) is 0. The largest absolute Gasteiger partial charge is 0.339 e. The first-order valence-corrected chi connectivity index (χ1v) is 8.04. The van der Waals surface area contributed by atoms with Crippen molar-refractivity contribution >= 4 is 23.4 Å². The first-order valence-electron chi connectivity index (χ1n) is 6.68. The summed E-state index contributed by atoms with van der Waals surface area (Å²) in [5, 5.41) is 4.79. The van der Waals surface area contributed by atoms with Gasteiger partial charge < -0.3 is 10.3 Å². The molecular formula is C14H16ClN3OS. The van der Waals surface area contributed by atoms with Crippen molar-refractivity contribution in [1.29, 1.82) is 0 Å². The Morgan fingerprint density at radius 1 is 1.35 bits per heavy atom. The average molecular weight is 310 g/mol. The summed E-state index contributed by atoms with van der Waals surface area (Å²) in [6, 6.07) is 8.03. The molecule has 106 valence electrons. The maximum absolute atomic E-state index is 6.12. The lowest BCUT2D eigenvalue weighted by atomic mass is 10.1. The van der Waals surface area contributed by atoms with Crippen LogP contribution >= 0.6 is 23.4 Å². The topological polar surface area (TPSA) is 64.9 Å². The fourth-order valence-corrected chi connectivity index (χ4v) is 3.52. The summed E-state index contributed by atoms with van der Waals surface area (Å²) in [6.07, 6.45) is 3.02. The molecule has 1 heterocycles. The molecule has 6 heteroatoms. The number of rotatable bonds is 4. The van der Waals surface area contributed by atoms with Gasteiger partial charge in [0.15, 0.2) is 5.82 Å². The molecule has 1 aliphatic carbocycles. The van der Waals surface area contributed by atoms with E-state index in [2.05, 4.69) is 10.1 Å². The fraction of sp³-hybridized carbons (Fsp3) is 0.429. The van der Waals surface area contributed by atoms with E-state index in [1.165, 1.54) is 0 Å². The lowest BCUT2D eigenvalue weighted by Crippen LogP contribution is -2.14. The minimum absolute atomic E-state index is 0.271. The Kier molecular flexibility index (Phi) is 4.29. The molecule has 0 bridgehead atoms. The summed E-state index contributed by atoms with van der Waals surface area (Å²) in [5.74, 6) is 2.43. The van der Waals surface area contributed by atoms with Gasteiger partial charge in [-0.15, -0.1) is 11.8 Å². The van der Waals surface area contributed by atoms with Gasteiger partial charge in [0.2, 0.25) is 5.89 Å². The van der Waals surface area contributed by atoms with Gasteiger partial charge in [-0.1, -0.05) is 28.9 Å². The molecule has 0 spiro atoms. The molecule has 0 saturated heterocycles. The molecular weight excluding hydrogens is 294 g/mol. The third kappa shape index (κ3) is 3.16. The smallest absolute Gasteiger partial charge is 0.229 e. The Labute approximate surface area is 127 Å². The van der Waals surface area contributed by atoms with E-state index in [0.717, 1.165) is 35.1 Å². The number of hydrogen-bond donors (Lipinski definition) is 1. The van der Waals surface area contributed by atoms with E-state index in [1.54, 1.807) is 11.8 Å². The number of nitrogens with zero attached hydrogens (tertiary/aromatic N) is 2. The maximum Gasteiger partial charge on any atom is 0.229 e. The van der Waals surface area contributed by atoms with E-state index in [-0.39, 0.29) is 6.04 Å². The van der Waals surface area contributed by atoms with Crippen molar-refractivity contribution in [2.75, 3.05) is 0 Å². The molecule has 2 aromatic rings. The Hall–Kier alpha value is -1.04. The standard InChI is InChI=1S/C14H16ClN3OS/c15-11-3-1-2-4-12(11)20-8-13-17-14(19-18-13)9-5-6-10(16)7-9/h1-4,9-10H,5-8,16H2/t9-,10+/m1/s1. The lowest BCUT2D eigenvalue weighted by molar-refractivity contribution is 0.350. The number of benzene rings is 1. The second kappa shape index (κ2) is 6.16. The average Bonchev–Trinajstić information content (AvgIpc) is 3.06. The summed E-state index contributed by atoms with van der Waals surface area (Å²) in [4.78, 5) is 5.51. The van der Waals surface area contributed by atoms with Crippen LogP contribution in [0.3, 0.4) is 0 Å². The monoisotopic (exact) mass is 309 g/mol. The van der Waals surface area contributed by atoms with Crippen LogP contribution < -0.4 is 5.73 Å². The molecule has 2 N–H and O–H groups in total. The Bertz CT molecular complexity index is 589. The van der Waals surface area contributed by atoms with Crippen molar-refractivity contribution in [1.82, 2.24) is 10.1 Å². The molecule has 0 aliphatic heterocycles. The van der Waals surface area contributed by atoms with Gasteiger partial charge >= 0.3 is 0 Å². The SMILES string of the molecule is N[C@H]1CC[C@@H](c2nc(CSc3ccccc3Cl)no2)C1. The number of nitrogens with two attached hydrogens (primary N) is 1. The second-order valence-corrected chi connectivity index (χ2v) is 6.46. The van der Waals surface area contributed by atoms with Crippen molar-refractivity contribution in [2.45, 2.75) is 41.9 Å². The highest BCUT2D eigenvalue weighted by Crippen LogP contribution is 2.33.